The maximum atomic E-state index is 11.7. The van der Waals surface area contributed by atoms with E-state index in [9.17, 15) is 4.79 Å². The maximum absolute atomic E-state index is 11.7. The van der Waals surface area contributed by atoms with Crippen LogP contribution in [0.1, 0.15) is 37.8 Å². The summed E-state index contributed by atoms with van der Waals surface area (Å²) in [6.45, 7) is 2.64. The van der Waals surface area contributed by atoms with Crippen molar-refractivity contribution in [2.45, 2.75) is 38.3 Å². The van der Waals surface area contributed by atoms with Crippen LogP contribution in [-0.4, -0.2) is 39.3 Å². The molecule has 0 unspecified atom stereocenters. The fourth-order valence-electron chi connectivity index (χ4n) is 4.09. The second kappa shape index (κ2) is 8.45. The summed E-state index contributed by atoms with van der Waals surface area (Å²) in [6, 6.07) is 8.17. The van der Waals surface area contributed by atoms with Crippen LogP contribution in [0.5, 0.6) is 5.75 Å². The molecule has 164 valence electrons. The lowest BCUT2D eigenvalue weighted by Gasteiger charge is -2.21. The van der Waals surface area contributed by atoms with E-state index in [0.29, 0.717) is 24.6 Å². The molecule has 0 radical (unpaired) electrons. The molecule has 2 aliphatic rings. The lowest BCUT2D eigenvalue weighted by molar-refractivity contribution is -0.119. The smallest absolute Gasteiger partial charge is 0.220 e. The summed E-state index contributed by atoms with van der Waals surface area (Å²) in [5.74, 6) is 0.943. The number of rotatable bonds is 8. The topological polar surface area (TPSA) is 105 Å². The highest BCUT2D eigenvalue weighted by Crippen LogP contribution is 2.41. The van der Waals surface area contributed by atoms with Crippen molar-refractivity contribution < 1.29 is 9.53 Å². The number of imidazole rings is 1. The van der Waals surface area contributed by atoms with Gasteiger partial charge in [0.05, 0.1) is 11.8 Å². The van der Waals surface area contributed by atoms with Crippen LogP contribution in [0.15, 0.2) is 49.2 Å². The third-order valence-corrected chi connectivity index (χ3v) is 6.12. The average molecular weight is 431 g/mol. The highest BCUT2D eigenvalue weighted by molar-refractivity contribution is 6.10. The molecule has 3 heterocycles. The van der Waals surface area contributed by atoms with Gasteiger partial charge in [0.2, 0.25) is 5.91 Å². The zero-order valence-corrected chi connectivity index (χ0v) is 17.9. The van der Waals surface area contributed by atoms with Gasteiger partial charge in [-0.2, -0.15) is 0 Å². The number of carbonyl (C=O) groups is 1. The predicted octanol–water partition coefficient (Wildman–Crippen LogP) is 3.77. The Hall–Kier alpha value is -3.68. The Bertz CT molecular complexity index is 1180. The number of benzene rings is 1. The Morgan fingerprint density at radius 1 is 1.34 bits per heavy atom. The van der Waals surface area contributed by atoms with Crippen molar-refractivity contribution in [1.29, 1.82) is 5.41 Å². The van der Waals surface area contributed by atoms with E-state index >= 15 is 0 Å². The Morgan fingerprint density at radius 2 is 2.16 bits per heavy atom. The van der Waals surface area contributed by atoms with Gasteiger partial charge >= 0.3 is 0 Å². The molecule has 1 aliphatic heterocycles. The van der Waals surface area contributed by atoms with Gasteiger partial charge in [0.1, 0.15) is 17.4 Å². The second-order valence-corrected chi connectivity index (χ2v) is 8.44. The first-order valence-electron chi connectivity index (χ1n) is 10.9. The summed E-state index contributed by atoms with van der Waals surface area (Å²) in [5, 5.41) is 14.1. The molecule has 0 bridgehead atoms. The first-order chi connectivity index (χ1) is 15.6. The molecule has 0 spiro atoms. The molecule has 3 N–H and O–H groups in total. The summed E-state index contributed by atoms with van der Waals surface area (Å²) in [7, 11) is 0. The number of ether oxygens (including phenoxy) is 1. The molecule has 1 saturated heterocycles. The Balaban J connectivity index is 1.50. The van der Waals surface area contributed by atoms with Crippen LogP contribution in [0.2, 0.25) is 0 Å². The molecule has 5 rings (SSSR count). The second-order valence-electron chi connectivity index (χ2n) is 8.44. The third-order valence-electron chi connectivity index (χ3n) is 6.12. The first-order valence-corrected chi connectivity index (χ1v) is 10.9. The van der Waals surface area contributed by atoms with Crippen molar-refractivity contribution >= 4 is 34.4 Å². The molecule has 8 heteroatoms. The molecule has 3 aromatic rings. The van der Waals surface area contributed by atoms with Crippen LogP contribution < -0.4 is 15.4 Å². The number of allylic oxidation sites excluding steroid dienone is 1. The lowest BCUT2D eigenvalue weighted by atomic mass is 10.0. The van der Waals surface area contributed by atoms with E-state index < -0.39 is 0 Å². The van der Waals surface area contributed by atoms with E-state index in [4.69, 9.17) is 10.1 Å². The Morgan fingerprint density at radius 3 is 2.84 bits per heavy atom. The van der Waals surface area contributed by atoms with E-state index in [-0.39, 0.29) is 17.9 Å². The van der Waals surface area contributed by atoms with Crippen molar-refractivity contribution in [3.05, 3.63) is 54.7 Å². The van der Waals surface area contributed by atoms with E-state index in [1.54, 1.807) is 18.6 Å². The molecular weight excluding hydrogens is 404 g/mol. The average Bonchev–Trinajstić information content (AvgIpc) is 3.40. The Kier molecular flexibility index (Phi) is 5.34. The van der Waals surface area contributed by atoms with Crippen LogP contribution in [0.3, 0.4) is 0 Å². The fourth-order valence-corrected chi connectivity index (χ4v) is 4.09. The minimum Gasteiger partial charge on any atom is -0.488 e. The van der Waals surface area contributed by atoms with E-state index in [0.717, 1.165) is 40.9 Å². The zero-order chi connectivity index (χ0) is 22.1. The van der Waals surface area contributed by atoms with Crippen LogP contribution in [0.4, 0.5) is 5.69 Å². The van der Waals surface area contributed by atoms with Gasteiger partial charge in [0.15, 0.2) is 0 Å². The summed E-state index contributed by atoms with van der Waals surface area (Å²) < 4.78 is 8.65. The molecule has 2 fully saturated rings. The molecule has 8 nitrogen and oxygen atoms in total. The lowest BCUT2D eigenvalue weighted by Crippen LogP contribution is -2.26. The number of amides is 1. The number of fused-ring (bicyclic) bond motifs is 1. The van der Waals surface area contributed by atoms with Gasteiger partial charge in [0, 0.05) is 61.0 Å². The van der Waals surface area contributed by atoms with Gasteiger partial charge in [0.25, 0.3) is 0 Å². The number of nitrogens with one attached hydrogen (secondary N) is 3. The summed E-state index contributed by atoms with van der Waals surface area (Å²) in [4.78, 5) is 20.3. The highest BCUT2D eigenvalue weighted by Gasteiger charge is 2.30. The van der Waals surface area contributed by atoms with Crippen LogP contribution >= 0.6 is 0 Å². The minimum absolute atomic E-state index is 0.0728. The van der Waals surface area contributed by atoms with Gasteiger partial charge in [-0.1, -0.05) is 0 Å². The molecular formula is C24H26N6O2. The molecule has 32 heavy (non-hydrogen) atoms. The number of carbonyl (C=O) groups excluding carboxylic acids is 1. The normalized spacial score (nSPS) is 19.6. The predicted molar refractivity (Wildman–Crippen MR) is 124 cm³/mol. The van der Waals surface area contributed by atoms with Crippen molar-refractivity contribution in [3.63, 3.8) is 0 Å². The van der Waals surface area contributed by atoms with Gasteiger partial charge < -0.3 is 25.3 Å². The molecule has 1 aliphatic carbocycles. The molecule has 2 aromatic heterocycles. The fraction of sp³-hybridized carbons (Fsp3) is 0.333. The van der Waals surface area contributed by atoms with E-state index in [2.05, 4.69) is 25.2 Å². The zero-order valence-electron chi connectivity index (χ0n) is 17.9. The SMILES string of the molecule is C[C@@H](Oc1cc(/C(C=N)=C/Nc2ccncc2)cc2ncn(C3CC3)c12)[C@H]1CNC(=O)C1. The minimum atomic E-state index is -0.127. The highest BCUT2D eigenvalue weighted by atomic mass is 16.5. The largest absolute Gasteiger partial charge is 0.488 e. The molecule has 2 atom stereocenters. The van der Waals surface area contributed by atoms with Gasteiger partial charge in [-0.15, -0.1) is 0 Å². The molecule has 1 amide bonds. The molecule has 1 aromatic carbocycles. The monoisotopic (exact) mass is 430 g/mol. The number of nitrogens with zero attached hydrogens (tertiary/aromatic N) is 3. The third kappa shape index (κ3) is 4.08. The van der Waals surface area contributed by atoms with Crippen molar-refractivity contribution in [1.82, 2.24) is 19.9 Å². The summed E-state index contributed by atoms with van der Waals surface area (Å²) in [6.07, 6.45) is 11.1. The quantitative estimate of drug-likeness (QED) is 0.472. The maximum Gasteiger partial charge on any atom is 0.220 e. The number of anilines is 1. The first kappa shape index (κ1) is 20.2. The van der Waals surface area contributed by atoms with Crippen LogP contribution in [-0.2, 0) is 4.79 Å². The van der Waals surface area contributed by atoms with Crippen molar-refractivity contribution in [3.8, 4) is 5.75 Å². The number of aromatic nitrogens is 3. The van der Waals surface area contributed by atoms with Gasteiger partial charge in [-0.3, -0.25) is 9.78 Å². The summed E-state index contributed by atoms with van der Waals surface area (Å²) in [5.41, 5.74) is 4.26. The van der Waals surface area contributed by atoms with Crippen LogP contribution in [0, 0.1) is 11.3 Å². The van der Waals surface area contributed by atoms with Crippen LogP contribution in [0.25, 0.3) is 16.6 Å². The van der Waals surface area contributed by atoms with Crippen molar-refractivity contribution in [2.24, 2.45) is 5.92 Å². The van der Waals surface area contributed by atoms with E-state index in [1.165, 1.54) is 6.21 Å². The van der Waals surface area contributed by atoms with Gasteiger partial charge in [-0.05, 0) is 49.6 Å². The standard InChI is InChI=1S/C24H26N6O2/c1-15(17-10-23(31)28-12-17)32-22-9-16(8-21-24(22)30(14-29-21)20-2-3-20)18(11-25)13-27-19-4-6-26-7-5-19/h4-9,11,13-15,17,20,25H,2-3,10,12H2,1H3,(H,26,27)(H,28,31)/b18-13+,25-11?/t15-,17-/m1/s1. The molecule has 1 saturated carbocycles. The van der Waals surface area contributed by atoms with Gasteiger partial charge in [-0.25, -0.2) is 4.98 Å². The number of hydrogen-bond donors (Lipinski definition) is 3. The number of pyridine rings is 1. The Labute approximate surface area is 186 Å². The summed E-state index contributed by atoms with van der Waals surface area (Å²) >= 11 is 0. The number of hydrogen-bond acceptors (Lipinski definition) is 6. The van der Waals surface area contributed by atoms with Crippen molar-refractivity contribution in [2.75, 3.05) is 11.9 Å². The van der Waals surface area contributed by atoms with E-state index in [1.807, 2.05) is 37.5 Å².